The van der Waals surface area contributed by atoms with Crippen molar-refractivity contribution in [2.45, 2.75) is 25.6 Å². The lowest BCUT2D eigenvalue weighted by Gasteiger charge is -2.42. The summed E-state index contributed by atoms with van der Waals surface area (Å²) in [6, 6.07) is 1.72. The van der Waals surface area contributed by atoms with Gasteiger partial charge in [0.05, 0.1) is 25.4 Å². The van der Waals surface area contributed by atoms with Gasteiger partial charge in [-0.15, -0.1) is 0 Å². The van der Waals surface area contributed by atoms with Gasteiger partial charge < -0.3 is 19.5 Å². The molecule has 1 fully saturated rings. The number of aromatic nitrogens is 2. The van der Waals surface area contributed by atoms with Crippen LogP contribution in [-0.4, -0.2) is 59.6 Å². The van der Waals surface area contributed by atoms with Gasteiger partial charge in [0.1, 0.15) is 5.82 Å². The molecule has 1 unspecified atom stereocenters. The zero-order chi connectivity index (χ0) is 14.8. The highest BCUT2D eigenvalue weighted by atomic mass is 16.5. The molecule has 0 spiro atoms. The van der Waals surface area contributed by atoms with E-state index >= 15 is 0 Å². The third kappa shape index (κ3) is 3.23. The predicted molar refractivity (Wildman–Crippen MR) is 71.6 cm³/mol. The van der Waals surface area contributed by atoms with Crippen LogP contribution in [0.1, 0.15) is 24.5 Å². The van der Waals surface area contributed by atoms with E-state index in [9.17, 15) is 9.90 Å². The lowest BCUT2D eigenvalue weighted by atomic mass is 10.1. The van der Waals surface area contributed by atoms with Gasteiger partial charge in [0.25, 0.3) is 0 Å². The van der Waals surface area contributed by atoms with Crippen LogP contribution in [-0.2, 0) is 9.47 Å². The highest BCUT2D eigenvalue weighted by Crippen LogP contribution is 2.24. The molecule has 0 radical (unpaired) electrons. The SMILES string of the molecule is COC(=O)c1nccc(N2CC(CO)OC(C)(C)C2)n1. The van der Waals surface area contributed by atoms with Crippen LogP contribution in [0.4, 0.5) is 5.82 Å². The maximum atomic E-state index is 11.5. The molecule has 7 nitrogen and oxygen atoms in total. The van der Waals surface area contributed by atoms with E-state index in [1.807, 2.05) is 18.7 Å². The summed E-state index contributed by atoms with van der Waals surface area (Å²) in [6.07, 6.45) is 1.24. The number of ether oxygens (including phenoxy) is 2. The number of aliphatic hydroxyl groups is 1. The number of carbonyl (C=O) groups is 1. The molecule has 1 N–H and O–H groups in total. The Balaban J connectivity index is 2.24. The Hall–Kier alpha value is -1.73. The van der Waals surface area contributed by atoms with Gasteiger partial charge in [-0.1, -0.05) is 0 Å². The highest BCUT2D eigenvalue weighted by Gasteiger charge is 2.33. The Labute approximate surface area is 117 Å². The Morgan fingerprint density at radius 3 is 3.05 bits per heavy atom. The fourth-order valence-electron chi connectivity index (χ4n) is 2.28. The molecule has 2 heterocycles. The normalized spacial score (nSPS) is 21.6. The van der Waals surface area contributed by atoms with E-state index in [4.69, 9.17) is 4.74 Å². The number of anilines is 1. The van der Waals surface area contributed by atoms with Crippen LogP contribution in [0.3, 0.4) is 0 Å². The summed E-state index contributed by atoms with van der Waals surface area (Å²) >= 11 is 0. The standard InChI is InChI=1S/C13H19N3O4/c1-13(2)8-16(6-9(7-17)20-13)10-4-5-14-11(15-10)12(18)19-3/h4-5,9,17H,6-8H2,1-3H3. The lowest BCUT2D eigenvalue weighted by Crippen LogP contribution is -2.54. The molecule has 1 saturated heterocycles. The van der Waals surface area contributed by atoms with Crippen molar-refractivity contribution in [2.24, 2.45) is 0 Å². The topological polar surface area (TPSA) is 84.8 Å². The van der Waals surface area contributed by atoms with Crippen molar-refractivity contribution in [3.05, 3.63) is 18.1 Å². The molecule has 1 aromatic heterocycles. The van der Waals surface area contributed by atoms with Crippen molar-refractivity contribution >= 4 is 11.8 Å². The first-order valence-electron chi connectivity index (χ1n) is 6.40. The summed E-state index contributed by atoms with van der Waals surface area (Å²) in [6.45, 7) is 4.96. The molecule has 0 aliphatic carbocycles. The largest absolute Gasteiger partial charge is 0.463 e. The molecule has 7 heteroatoms. The van der Waals surface area contributed by atoms with Gasteiger partial charge in [0.2, 0.25) is 5.82 Å². The van der Waals surface area contributed by atoms with Crippen LogP contribution in [0.25, 0.3) is 0 Å². The molecule has 20 heavy (non-hydrogen) atoms. The van der Waals surface area contributed by atoms with Gasteiger partial charge in [-0.25, -0.2) is 14.8 Å². The van der Waals surface area contributed by atoms with E-state index in [1.54, 1.807) is 6.07 Å². The number of nitrogens with zero attached hydrogens (tertiary/aromatic N) is 3. The number of hydrogen-bond acceptors (Lipinski definition) is 7. The minimum atomic E-state index is -0.571. The van der Waals surface area contributed by atoms with Gasteiger partial charge in [-0.05, 0) is 19.9 Å². The van der Waals surface area contributed by atoms with Crippen molar-refractivity contribution in [3.8, 4) is 0 Å². The van der Waals surface area contributed by atoms with E-state index in [-0.39, 0.29) is 18.5 Å². The van der Waals surface area contributed by atoms with Crippen LogP contribution in [0, 0.1) is 0 Å². The first-order chi connectivity index (χ1) is 9.45. The summed E-state index contributed by atoms with van der Waals surface area (Å²) < 4.78 is 10.4. The Morgan fingerprint density at radius 2 is 2.40 bits per heavy atom. The molecular formula is C13H19N3O4. The van der Waals surface area contributed by atoms with Crippen LogP contribution in [0.15, 0.2) is 12.3 Å². The number of morpholine rings is 1. The first-order valence-corrected chi connectivity index (χ1v) is 6.40. The molecule has 0 saturated carbocycles. The van der Waals surface area contributed by atoms with E-state index in [0.717, 1.165) is 0 Å². The summed E-state index contributed by atoms with van der Waals surface area (Å²) in [5.41, 5.74) is -0.401. The highest BCUT2D eigenvalue weighted by molar-refractivity contribution is 5.85. The fraction of sp³-hybridized carbons (Fsp3) is 0.615. The van der Waals surface area contributed by atoms with Gasteiger partial charge in [-0.3, -0.25) is 0 Å². The minimum absolute atomic E-state index is 0.0230. The number of carbonyl (C=O) groups excluding carboxylic acids is 1. The Kier molecular flexibility index (Phi) is 4.20. The number of methoxy groups -OCH3 is 1. The predicted octanol–water partition coefficient (Wildman–Crippen LogP) is 0.239. The van der Waals surface area contributed by atoms with E-state index in [1.165, 1.54) is 13.3 Å². The van der Waals surface area contributed by atoms with Gasteiger partial charge in [0, 0.05) is 19.3 Å². The number of rotatable bonds is 3. The second-order valence-corrected chi connectivity index (χ2v) is 5.29. The van der Waals surface area contributed by atoms with Crippen molar-refractivity contribution in [3.63, 3.8) is 0 Å². The maximum absolute atomic E-state index is 11.5. The van der Waals surface area contributed by atoms with Gasteiger partial charge in [0.15, 0.2) is 0 Å². The third-order valence-electron chi connectivity index (χ3n) is 3.02. The van der Waals surface area contributed by atoms with E-state index in [2.05, 4.69) is 14.7 Å². The molecule has 0 aromatic carbocycles. The van der Waals surface area contributed by atoms with E-state index < -0.39 is 11.6 Å². The second-order valence-electron chi connectivity index (χ2n) is 5.29. The van der Waals surface area contributed by atoms with Crippen molar-refractivity contribution in [1.29, 1.82) is 0 Å². The zero-order valence-corrected chi connectivity index (χ0v) is 11.9. The molecule has 1 atom stereocenters. The maximum Gasteiger partial charge on any atom is 0.376 e. The molecule has 0 amide bonds. The molecule has 2 rings (SSSR count). The Morgan fingerprint density at radius 1 is 1.65 bits per heavy atom. The lowest BCUT2D eigenvalue weighted by molar-refractivity contribution is -0.101. The fourth-order valence-corrected chi connectivity index (χ4v) is 2.28. The zero-order valence-electron chi connectivity index (χ0n) is 11.9. The van der Waals surface area contributed by atoms with Crippen LogP contribution in [0.5, 0.6) is 0 Å². The summed E-state index contributed by atoms with van der Waals surface area (Å²) in [5, 5.41) is 9.31. The second kappa shape index (κ2) is 5.72. The molecule has 0 bridgehead atoms. The third-order valence-corrected chi connectivity index (χ3v) is 3.02. The minimum Gasteiger partial charge on any atom is -0.463 e. The number of aliphatic hydroxyl groups excluding tert-OH is 1. The molecular weight excluding hydrogens is 262 g/mol. The van der Waals surface area contributed by atoms with E-state index in [0.29, 0.717) is 18.9 Å². The van der Waals surface area contributed by atoms with Crippen LogP contribution >= 0.6 is 0 Å². The van der Waals surface area contributed by atoms with Gasteiger partial charge in [-0.2, -0.15) is 0 Å². The summed E-state index contributed by atoms with van der Waals surface area (Å²) in [5.74, 6) is 0.0724. The molecule has 1 aliphatic rings. The van der Waals surface area contributed by atoms with Crippen LogP contribution < -0.4 is 4.90 Å². The quantitative estimate of drug-likeness (QED) is 0.794. The van der Waals surface area contributed by atoms with Gasteiger partial charge >= 0.3 is 5.97 Å². The molecule has 1 aliphatic heterocycles. The van der Waals surface area contributed by atoms with Crippen LogP contribution in [0.2, 0.25) is 0 Å². The van der Waals surface area contributed by atoms with Crippen molar-refractivity contribution in [2.75, 3.05) is 31.7 Å². The first kappa shape index (κ1) is 14.7. The Bertz CT molecular complexity index is 492. The monoisotopic (exact) mass is 281 g/mol. The molecule has 110 valence electrons. The summed E-state index contributed by atoms with van der Waals surface area (Å²) in [7, 11) is 1.29. The summed E-state index contributed by atoms with van der Waals surface area (Å²) in [4.78, 5) is 21.5. The van der Waals surface area contributed by atoms with Crippen molar-refractivity contribution in [1.82, 2.24) is 9.97 Å². The number of esters is 1. The smallest absolute Gasteiger partial charge is 0.376 e. The average molecular weight is 281 g/mol. The van der Waals surface area contributed by atoms with Crippen molar-refractivity contribution < 1.29 is 19.4 Å². The average Bonchev–Trinajstić information content (AvgIpc) is 2.44. The number of hydrogen-bond donors (Lipinski definition) is 1. The molecule has 1 aromatic rings.